The second-order valence-electron chi connectivity index (χ2n) is 6.06. The Balaban J connectivity index is 1.86. The summed E-state index contributed by atoms with van der Waals surface area (Å²) in [5, 5.41) is 7.70. The van der Waals surface area contributed by atoms with Gasteiger partial charge < -0.3 is 11.1 Å². The highest BCUT2D eigenvalue weighted by molar-refractivity contribution is 7.98. The summed E-state index contributed by atoms with van der Waals surface area (Å²) in [7, 11) is 0. The van der Waals surface area contributed by atoms with Crippen molar-refractivity contribution in [2.24, 2.45) is 5.73 Å². The first-order valence-electron chi connectivity index (χ1n) is 8.31. The fraction of sp³-hybridized carbons (Fsp3) is 0.278. The molecule has 3 aromatic rings. The lowest BCUT2D eigenvalue weighted by Crippen LogP contribution is -2.38. The number of primary amides is 1. The number of aryl methyl sites for hydroxylation is 2. The number of benzene rings is 1. The summed E-state index contributed by atoms with van der Waals surface area (Å²) in [4.78, 5) is 33.2. The van der Waals surface area contributed by atoms with Gasteiger partial charge in [-0.15, -0.1) is 5.10 Å². The van der Waals surface area contributed by atoms with E-state index < -0.39 is 11.9 Å². The number of nitrogens with one attached hydrogen (secondary N) is 1. The lowest BCUT2D eigenvalue weighted by atomic mass is 10.0. The average Bonchev–Trinajstić information content (AvgIpc) is 3.07. The largest absolute Gasteiger partial charge is 0.368 e. The van der Waals surface area contributed by atoms with Crippen LogP contribution in [0.5, 0.6) is 0 Å². The van der Waals surface area contributed by atoms with E-state index in [0.717, 1.165) is 11.3 Å². The Morgan fingerprint density at radius 3 is 2.56 bits per heavy atom. The van der Waals surface area contributed by atoms with Crippen LogP contribution in [-0.4, -0.2) is 37.7 Å². The van der Waals surface area contributed by atoms with Crippen molar-refractivity contribution in [1.82, 2.24) is 24.9 Å². The van der Waals surface area contributed by atoms with E-state index in [4.69, 9.17) is 5.73 Å². The van der Waals surface area contributed by atoms with Crippen molar-refractivity contribution in [3.63, 3.8) is 0 Å². The Hall–Kier alpha value is -2.94. The van der Waals surface area contributed by atoms with Gasteiger partial charge in [-0.05, 0) is 25.7 Å². The minimum Gasteiger partial charge on any atom is -0.368 e. The van der Waals surface area contributed by atoms with Crippen LogP contribution in [0.4, 0.5) is 0 Å². The topological polar surface area (TPSA) is 115 Å². The highest BCUT2D eigenvalue weighted by Crippen LogP contribution is 2.18. The molecule has 1 atom stereocenters. The molecular weight excluding hydrogens is 364 g/mol. The van der Waals surface area contributed by atoms with Crippen LogP contribution in [0.1, 0.15) is 28.6 Å². The number of carbonyl (C=O) groups is 2. The maximum absolute atomic E-state index is 12.6. The first kappa shape index (κ1) is 18.8. The van der Waals surface area contributed by atoms with Crippen molar-refractivity contribution in [3.05, 3.63) is 52.8 Å². The number of amides is 2. The molecule has 0 radical (unpaired) electrons. The van der Waals surface area contributed by atoms with E-state index in [9.17, 15) is 9.59 Å². The van der Waals surface area contributed by atoms with Gasteiger partial charge in [-0.25, -0.2) is 9.50 Å². The number of nitrogens with zero attached hydrogens (tertiary/aromatic N) is 4. The van der Waals surface area contributed by atoms with E-state index in [1.165, 1.54) is 11.8 Å². The van der Waals surface area contributed by atoms with Gasteiger partial charge in [0.1, 0.15) is 6.04 Å². The van der Waals surface area contributed by atoms with Crippen molar-refractivity contribution in [1.29, 1.82) is 0 Å². The molecule has 3 rings (SSSR count). The summed E-state index contributed by atoms with van der Waals surface area (Å²) in [5.74, 6) is -0.435. The lowest BCUT2D eigenvalue weighted by molar-refractivity contribution is -0.127. The molecule has 0 aliphatic rings. The van der Waals surface area contributed by atoms with E-state index >= 15 is 0 Å². The van der Waals surface area contributed by atoms with Gasteiger partial charge in [-0.1, -0.05) is 42.1 Å². The summed E-state index contributed by atoms with van der Waals surface area (Å²) in [6.45, 7) is 3.69. The van der Waals surface area contributed by atoms with E-state index in [2.05, 4.69) is 20.4 Å². The molecule has 1 unspecified atom stereocenters. The number of hydrogen-bond acceptors (Lipinski definition) is 6. The van der Waals surface area contributed by atoms with Crippen LogP contribution >= 0.6 is 11.8 Å². The Morgan fingerprint density at radius 2 is 1.93 bits per heavy atom. The van der Waals surface area contributed by atoms with Gasteiger partial charge in [0.05, 0.1) is 6.42 Å². The van der Waals surface area contributed by atoms with Crippen LogP contribution in [0.25, 0.3) is 5.78 Å². The zero-order chi connectivity index (χ0) is 19.6. The molecule has 0 aliphatic heterocycles. The van der Waals surface area contributed by atoms with Gasteiger partial charge in [-0.3, -0.25) is 9.59 Å². The average molecular weight is 384 g/mol. The van der Waals surface area contributed by atoms with Gasteiger partial charge >= 0.3 is 0 Å². The first-order valence-corrected chi connectivity index (χ1v) is 9.53. The fourth-order valence-corrected chi connectivity index (χ4v) is 3.21. The quantitative estimate of drug-likeness (QED) is 0.620. The molecule has 0 fully saturated rings. The molecule has 140 valence electrons. The van der Waals surface area contributed by atoms with E-state index in [1.807, 2.05) is 26.2 Å². The number of hydrogen-bond donors (Lipinski definition) is 2. The normalized spacial score (nSPS) is 12.1. The number of thioether (sulfide) groups is 1. The maximum Gasteiger partial charge on any atom is 0.253 e. The zero-order valence-electron chi connectivity index (χ0n) is 15.3. The molecule has 0 aliphatic carbocycles. The fourth-order valence-electron chi connectivity index (χ4n) is 2.87. The van der Waals surface area contributed by atoms with Crippen LogP contribution in [-0.2, 0) is 16.0 Å². The number of rotatable bonds is 6. The third-order valence-electron chi connectivity index (χ3n) is 4.27. The van der Waals surface area contributed by atoms with E-state index in [-0.39, 0.29) is 12.3 Å². The number of aromatic nitrogens is 4. The van der Waals surface area contributed by atoms with Crippen LogP contribution in [0.2, 0.25) is 0 Å². The second-order valence-corrected chi connectivity index (χ2v) is 6.84. The number of fused-ring (bicyclic) bond motifs is 1. The Morgan fingerprint density at radius 1 is 1.22 bits per heavy atom. The Bertz CT molecular complexity index is 1000. The van der Waals surface area contributed by atoms with Crippen molar-refractivity contribution in [2.75, 3.05) is 6.26 Å². The highest BCUT2D eigenvalue weighted by Gasteiger charge is 2.22. The first-order chi connectivity index (χ1) is 12.9. The molecule has 2 amide bonds. The Kier molecular flexibility index (Phi) is 5.41. The summed E-state index contributed by atoms with van der Waals surface area (Å²) < 4.78 is 1.63. The molecule has 2 heterocycles. The zero-order valence-corrected chi connectivity index (χ0v) is 16.1. The molecule has 3 N–H and O–H groups in total. The Labute approximate surface area is 160 Å². The minimum absolute atomic E-state index is 0.0612. The summed E-state index contributed by atoms with van der Waals surface area (Å²) in [6.07, 6.45) is 1.95. The molecule has 0 saturated carbocycles. The number of nitrogens with two attached hydrogens (primary N) is 1. The van der Waals surface area contributed by atoms with Crippen LogP contribution in [0.15, 0.2) is 35.5 Å². The van der Waals surface area contributed by atoms with Crippen molar-refractivity contribution >= 4 is 29.4 Å². The molecule has 8 nitrogen and oxygen atoms in total. The predicted octanol–water partition coefficient (Wildman–Crippen LogP) is 1.35. The van der Waals surface area contributed by atoms with Crippen LogP contribution < -0.4 is 11.1 Å². The minimum atomic E-state index is -0.884. The van der Waals surface area contributed by atoms with Gasteiger partial charge in [0.25, 0.3) is 5.78 Å². The molecule has 0 spiro atoms. The smallest absolute Gasteiger partial charge is 0.253 e. The predicted molar refractivity (Wildman–Crippen MR) is 102 cm³/mol. The molecule has 0 bridgehead atoms. The number of carbonyl (C=O) groups excluding carboxylic acids is 2. The van der Waals surface area contributed by atoms with Gasteiger partial charge in [0.2, 0.25) is 17.0 Å². The third kappa shape index (κ3) is 3.92. The second kappa shape index (κ2) is 7.75. The highest BCUT2D eigenvalue weighted by atomic mass is 32.2. The van der Waals surface area contributed by atoms with Gasteiger partial charge in [-0.2, -0.15) is 4.98 Å². The molecule has 27 heavy (non-hydrogen) atoms. The van der Waals surface area contributed by atoms with Crippen molar-refractivity contribution < 1.29 is 9.59 Å². The third-order valence-corrected chi connectivity index (χ3v) is 4.81. The molecule has 2 aromatic heterocycles. The standard InChI is InChI=1S/C18H20N6O2S/c1-10-13(11(2)24-17(20-10)22-18(23-24)27-3)9-14(25)21-15(16(19)26)12-7-5-4-6-8-12/h4-8,15H,9H2,1-3H3,(H2,19,26)(H,21,25). The monoisotopic (exact) mass is 384 g/mol. The van der Waals surface area contributed by atoms with Crippen LogP contribution in [0.3, 0.4) is 0 Å². The van der Waals surface area contributed by atoms with Crippen molar-refractivity contribution in [2.45, 2.75) is 31.5 Å². The van der Waals surface area contributed by atoms with Crippen molar-refractivity contribution in [3.8, 4) is 0 Å². The molecule has 1 aromatic carbocycles. The maximum atomic E-state index is 12.6. The molecular formula is C18H20N6O2S. The summed E-state index contributed by atoms with van der Waals surface area (Å²) >= 11 is 1.42. The molecule has 9 heteroatoms. The van der Waals surface area contributed by atoms with E-state index in [1.54, 1.807) is 28.8 Å². The summed E-state index contributed by atoms with van der Waals surface area (Å²) in [5.41, 5.74) is 8.34. The molecule has 0 saturated heterocycles. The van der Waals surface area contributed by atoms with Crippen LogP contribution in [0, 0.1) is 13.8 Å². The van der Waals surface area contributed by atoms with Gasteiger partial charge in [0, 0.05) is 17.0 Å². The van der Waals surface area contributed by atoms with Gasteiger partial charge in [0.15, 0.2) is 0 Å². The SMILES string of the molecule is CSc1nc2nc(C)c(CC(=O)NC(C(N)=O)c3ccccc3)c(C)n2n1. The summed E-state index contributed by atoms with van der Waals surface area (Å²) in [6, 6.07) is 8.02. The van der Waals surface area contributed by atoms with E-state index in [0.29, 0.717) is 22.2 Å². The lowest BCUT2D eigenvalue weighted by Gasteiger charge is -2.17.